The van der Waals surface area contributed by atoms with E-state index in [2.05, 4.69) is 21.8 Å². The van der Waals surface area contributed by atoms with Gasteiger partial charge in [0.15, 0.2) is 6.61 Å². The van der Waals surface area contributed by atoms with Gasteiger partial charge in [0.25, 0.3) is 5.91 Å². The van der Waals surface area contributed by atoms with Gasteiger partial charge in [-0.25, -0.2) is 9.37 Å². The minimum absolute atomic E-state index is 0.153. The molecule has 3 rings (SSSR count). The van der Waals surface area contributed by atoms with E-state index in [1.54, 1.807) is 25.2 Å². The number of anilines is 2. The van der Waals surface area contributed by atoms with Crippen LogP contribution in [0.1, 0.15) is 25.5 Å². The zero-order valence-corrected chi connectivity index (χ0v) is 16.0. The summed E-state index contributed by atoms with van der Waals surface area (Å²) in [5.41, 5.74) is 1.40. The summed E-state index contributed by atoms with van der Waals surface area (Å²) in [5, 5.41) is 0. The molecule has 7 heteroatoms. The second-order valence-electron chi connectivity index (χ2n) is 7.06. The number of likely N-dealkylation sites (N-methyl/N-ethyl adjacent to an activating group) is 1. The molecule has 1 fully saturated rings. The van der Waals surface area contributed by atoms with Crippen LogP contribution in [0.5, 0.6) is 5.88 Å². The van der Waals surface area contributed by atoms with Crippen molar-refractivity contribution < 1.29 is 13.9 Å². The normalized spacial score (nSPS) is 16.9. The number of ether oxygens (including phenoxy) is 1. The highest BCUT2D eigenvalue weighted by Crippen LogP contribution is 2.22. The fourth-order valence-electron chi connectivity index (χ4n) is 3.15. The minimum atomic E-state index is -0.341. The smallest absolute Gasteiger partial charge is 0.264 e. The first-order valence-electron chi connectivity index (χ1n) is 9.18. The van der Waals surface area contributed by atoms with Gasteiger partial charge >= 0.3 is 0 Å². The molecule has 1 aromatic heterocycles. The lowest BCUT2D eigenvalue weighted by molar-refractivity contribution is -0.120. The number of hydrogen-bond acceptors (Lipinski definition) is 5. The van der Waals surface area contributed by atoms with E-state index in [-0.39, 0.29) is 18.3 Å². The molecule has 1 aliphatic heterocycles. The summed E-state index contributed by atoms with van der Waals surface area (Å²) in [6.45, 7) is 5.82. The van der Waals surface area contributed by atoms with Gasteiger partial charge in [0.05, 0.1) is 0 Å². The Hall–Kier alpha value is -2.70. The molecular formula is C20H25FN4O2. The molecule has 144 valence electrons. The van der Waals surface area contributed by atoms with Gasteiger partial charge in [-0.05, 0) is 49.9 Å². The molecule has 0 N–H and O–H groups in total. The van der Waals surface area contributed by atoms with E-state index >= 15 is 0 Å². The van der Waals surface area contributed by atoms with E-state index in [0.29, 0.717) is 23.4 Å². The van der Waals surface area contributed by atoms with E-state index in [0.717, 1.165) is 25.2 Å². The predicted molar refractivity (Wildman–Crippen MR) is 103 cm³/mol. The van der Waals surface area contributed by atoms with Gasteiger partial charge in [0.2, 0.25) is 11.8 Å². The Labute approximate surface area is 159 Å². The average Bonchev–Trinajstić information content (AvgIpc) is 2.66. The fraction of sp³-hybridized carbons (Fsp3) is 0.450. The Morgan fingerprint density at radius 3 is 2.78 bits per heavy atom. The van der Waals surface area contributed by atoms with Gasteiger partial charge in [0.1, 0.15) is 5.82 Å². The van der Waals surface area contributed by atoms with Crippen molar-refractivity contribution in [3.8, 4) is 5.88 Å². The van der Waals surface area contributed by atoms with Gasteiger partial charge in [-0.3, -0.25) is 4.79 Å². The third kappa shape index (κ3) is 4.93. The van der Waals surface area contributed by atoms with Crippen molar-refractivity contribution in [3.63, 3.8) is 0 Å². The van der Waals surface area contributed by atoms with Crippen LogP contribution in [0, 0.1) is 18.7 Å². The third-order valence-corrected chi connectivity index (χ3v) is 4.69. The van der Waals surface area contributed by atoms with Crippen LogP contribution in [-0.2, 0) is 4.79 Å². The van der Waals surface area contributed by atoms with Crippen LogP contribution >= 0.6 is 0 Å². The van der Waals surface area contributed by atoms with Crippen LogP contribution in [0.3, 0.4) is 0 Å². The van der Waals surface area contributed by atoms with Gasteiger partial charge in [0, 0.05) is 37.6 Å². The largest absolute Gasteiger partial charge is 0.467 e. The van der Waals surface area contributed by atoms with Gasteiger partial charge in [-0.2, -0.15) is 4.98 Å². The van der Waals surface area contributed by atoms with E-state index in [1.165, 1.54) is 23.5 Å². The van der Waals surface area contributed by atoms with Crippen LogP contribution in [0.25, 0.3) is 0 Å². The molecule has 6 nitrogen and oxygen atoms in total. The predicted octanol–water partition coefficient (Wildman–Crippen LogP) is 3.20. The zero-order valence-electron chi connectivity index (χ0n) is 16.0. The van der Waals surface area contributed by atoms with Crippen LogP contribution in [-0.4, -0.2) is 42.6 Å². The Morgan fingerprint density at radius 1 is 1.33 bits per heavy atom. The number of aromatic nitrogens is 2. The molecule has 0 unspecified atom stereocenters. The summed E-state index contributed by atoms with van der Waals surface area (Å²) in [5.74, 6) is 1.06. The van der Waals surface area contributed by atoms with Gasteiger partial charge in [-0.15, -0.1) is 0 Å². The minimum Gasteiger partial charge on any atom is -0.467 e. The van der Waals surface area contributed by atoms with Crippen molar-refractivity contribution in [3.05, 3.63) is 41.8 Å². The molecule has 0 spiro atoms. The molecule has 1 amide bonds. The summed E-state index contributed by atoms with van der Waals surface area (Å²) in [6, 6.07) is 7.47. The Morgan fingerprint density at radius 2 is 2.07 bits per heavy atom. The van der Waals surface area contributed by atoms with E-state index in [4.69, 9.17) is 4.74 Å². The molecule has 1 aliphatic rings. The van der Waals surface area contributed by atoms with Gasteiger partial charge < -0.3 is 14.5 Å². The number of nitrogens with zero attached hydrogens (tertiary/aromatic N) is 4. The average molecular weight is 372 g/mol. The van der Waals surface area contributed by atoms with Crippen LogP contribution < -0.4 is 14.5 Å². The summed E-state index contributed by atoms with van der Waals surface area (Å²) >= 11 is 0. The molecule has 27 heavy (non-hydrogen) atoms. The standard InChI is InChI=1S/C20H25FN4O2/c1-14-5-4-10-25(12-14)20-22-15(2)11-18(23-20)27-13-19(26)24(3)17-8-6-16(21)7-9-17/h6-9,11,14H,4-5,10,12-13H2,1-3H3/t14-/m0/s1. The lowest BCUT2D eigenvalue weighted by Gasteiger charge is -2.31. The number of benzene rings is 1. The first-order valence-corrected chi connectivity index (χ1v) is 9.18. The molecule has 1 saturated heterocycles. The monoisotopic (exact) mass is 372 g/mol. The van der Waals surface area contributed by atoms with Crippen molar-refractivity contribution in [2.45, 2.75) is 26.7 Å². The molecular weight excluding hydrogens is 347 g/mol. The Bertz CT molecular complexity index is 797. The SMILES string of the molecule is Cc1cc(OCC(=O)N(C)c2ccc(F)cc2)nc(N2CCC[C@H](C)C2)n1. The highest BCUT2D eigenvalue weighted by atomic mass is 19.1. The molecule has 0 aliphatic carbocycles. The first-order chi connectivity index (χ1) is 12.9. The van der Waals surface area contributed by atoms with Crippen molar-refractivity contribution >= 4 is 17.5 Å². The maximum Gasteiger partial charge on any atom is 0.264 e. The van der Waals surface area contributed by atoms with Crippen LogP contribution in [0.2, 0.25) is 0 Å². The molecule has 1 atom stereocenters. The Kier molecular flexibility index (Phi) is 5.88. The molecule has 2 aromatic rings. The van der Waals surface area contributed by atoms with Crippen molar-refractivity contribution in [2.24, 2.45) is 5.92 Å². The van der Waals surface area contributed by atoms with Crippen molar-refractivity contribution in [1.82, 2.24) is 9.97 Å². The highest BCUT2D eigenvalue weighted by molar-refractivity contribution is 5.93. The molecule has 1 aromatic carbocycles. The summed E-state index contributed by atoms with van der Waals surface area (Å²) < 4.78 is 18.7. The summed E-state index contributed by atoms with van der Waals surface area (Å²) in [4.78, 5) is 25.0. The Balaban J connectivity index is 1.65. The second-order valence-corrected chi connectivity index (χ2v) is 7.06. The first kappa shape index (κ1) is 19.1. The van der Waals surface area contributed by atoms with E-state index < -0.39 is 0 Å². The van der Waals surface area contributed by atoms with Crippen LogP contribution in [0.4, 0.5) is 16.0 Å². The molecule has 0 bridgehead atoms. The number of halogens is 1. The highest BCUT2D eigenvalue weighted by Gasteiger charge is 2.20. The lowest BCUT2D eigenvalue weighted by atomic mass is 10.0. The maximum absolute atomic E-state index is 13.0. The quantitative estimate of drug-likeness (QED) is 0.807. The number of carbonyl (C=O) groups excluding carboxylic acids is 1. The number of aryl methyl sites for hydroxylation is 1. The van der Waals surface area contributed by atoms with E-state index in [1.807, 2.05) is 6.92 Å². The topological polar surface area (TPSA) is 58.6 Å². The maximum atomic E-state index is 13.0. The molecule has 0 saturated carbocycles. The van der Waals surface area contributed by atoms with Gasteiger partial charge in [-0.1, -0.05) is 6.92 Å². The summed E-state index contributed by atoms with van der Waals surface area (Å²) in [7, 11) is 1.63. The molecule has 0 radical (unpaired) electrons. The number of hydrogen-bond donors (Lipinski definition) is 0. The third-order valence-electron chi connectivity index (χ3n) is 4.69. The van der Waals surface area contributed by atoms with Crippen molar-refractivity contribution in [2.75, 3.05) is 36.5 Å². The number of rotatable bonds is 5. The number of piperidine rings is 1. The summed E-state index contributed by atoms with van der Waals surface area (Å²) in [6.07, 6.45) is 2.34. The van der Waals surface area contributed by atoms with E-state index in [9.17, 15) is 9.18 Å². The molecule has 2 heterocycles. The lowest BCUT2D eigenvalue weighted by Crippen LogP contribution is -2.35. The second kappa shape index (κ2) is 8.33. The number of carbonyl (C=O) groups is 1. The van der Waals surface area contributed by atoms with Crippen LogP contribution in [0.15, 0.2) is 30.3 Å². The fourth-order valence-corrected chi connectivity index (χ4v) is 3.15. The number of amides is 1. The van der Waals surface area contributed by atoms with Crippen molar-refractivity contribution in [1.29, 1.82) is 0 Å². The zero-order chi connectivity index (χ0) is 19.4.